The van der Waals surface area contributed by atoms with Gasteiger partial charge in [0, 0.05) is 6.54 Å². The molecule has 0 atom stereocenters. The minimum Gasteiger partial charge on any atom is -0.370 e. The Hall–Kier alpha value is -0.990. The summed E-state index contributed by atoms with van der Waals surface area (Å²) in [6.45, 7) is 3.12. The fourth-order valence-corrected chi connectivity index (χ4v) is 2.60. The van der Waals surface area contributed by atoms with E-state index in [2.05, 4.69) is 24.4 Å². The van der Waals surface area contributed by atoms with Gasteiger partial charge < -0.3 is 11.1 Å². The van der Waals surface area contributed by atoms with Crippen molar-refractivity contribution in [2.75, 3.05) is 6.54 Å². The van der Waals surface area contributed by atoms with Crippen molar-refractivity contribution in [1.29, 1.82) is 5.41 Å². The molecule has 0 aliphatic carbocycles. The maximum absolute atomic E-state index is 7.05. The lowest BCUT2D eigenvalue weighted by atomic mass is 10.1. The van der Waals surface area contributed by atoms with E-state index in [1.165, 1.54) is 83.5 Å². The minimum atomic E-state index is 0.0905. The van der Waals surface area contributed by atoms with Crippen LogP contribution < -0.4 is 11.1 Å². The van der Waals surface area contributed by atoms with E-state index in [-0.39, 0.29) is 5.96 Å². The Morgan fingerprint density at radius 2 is 1.23 bits per heavy atom. The van der Waals surface area contributed by atoms with Crippen LogP contribution in [-0.2, 0) is 0 Å². The molecule has 3 heteroatoms. The van der Waals surface area contributed by atoms with Gasteiger partial charge in [-0.3, -0.25) is 5.41 Å². The summed E-state index contributed by atoms with van der Waals surface area (Å²) in [5.41, 5.74) is 5.22. The van der Waals surface area contributed by atoms with Crippen LogP contribution in [0.15, 0.2) is 12.2 Å². The number of guanidine groups is 1. The largest absolute Gasteiger partial charge is 0.370 e. The Balaban J connectivity index is 3.06. The molecule has 0 aliphatic heterocycles. The molecular weight excluding hydrogens is 270 g/mol. The van der Waals surface area contributed by atoms with Gasteiger partial charge in [-0.2, -0.15) is 0 Å². The monoisotopic (exact) mass is 309 g/mol. The van der Waals surface area contributed by atoms with Gasteiger partial charge in [0.1, 0.15) is 0 Å². The number of unbranched alkanes of at least 4 members (excludes halogenated alkanes) is 12. The summed E-state index contributed by atoms with van der Waals surface area (Å²) in [7, 11) is 0. The van der Waals surface area contributed by atoms with Gasteiger partial charge in [-0.15, -0.1) is 0 Å². The lowest BCUT2D eigenvalue weighted by molar-refractivity contribution is 0.591. The molecule has 0 saturated heterocycles. The van der Waals surface area contributed by atoms with Gasteiger partial charge in [0.25, 0.3) is 0 Å². The molecule has 0 unspecified atom stereocenters. The summed E-state index contributed by atoms with van der Waals surface area (Å²) in [4.78, 5) is 0. The van der Waals surface area contributed by atoms with Crippen LogP contribution in [0, 0.1) is 5.41 Å². The molecule has 0 aromatic carbocycles. The summed E-state index contributed by atoms with van der Waals surface area (Å²) in [5, 5.41) is 9.89. The number of rotatable bonds is 16. The van der Waals surface area contributed by atoms with E-state index in [1.807, 2.05) is 0 Å². The number of nitrogens with two attached hydrogens (primary N) is 1. The Bertz CT molecular complexity index is 261. The Morgan fingerprint density at radius 3 is 1.73 bits per heavy atom. The van der Waals surface area contributed by atoms with Crippen LogP contribution in [0.2, 0.25) is 0 Å². The lowest BCUT2D eigenvalue weighted by Gasteiger charge is -2.03. The van der Waals surface area contributed by atoms with Crippen LogP contribution in [0.25, 0.3) is 0 Å². The van der Waals surface area contributed by atoms with E-state index in [1.54, 1.807) is 0 Å². The zero-order valence-corrected chi connectivity index (χ0v) is 14.8. The van der Waals surface area contributed by atoms with Crippen molar-refractivity contribution >= 4 is 5.96 Å². The van der Waals surface area contributed by atoms with Gasteiger partial charge in [0.05, 0.1) is 0 Å². The van der Waals surface area contributed by atoms with E-state index in [4.69, 9.17) is 11.1 Å². The molecule has 3 nitrogen and oxygen atoms in total. The van der Waals surface area contributed by atoms with Crippen molar-refractivity contribution in [3.05, 3.63) is 12.2 Å². The third kappa shape index (κ3) is 19.0. The molecule has 130 valence electrons. The highest BCUT2D eigenvalue weighted by molar-refractivity contribution is 5.74. The molecule has 0 saturated carbocycles. The Labute approximate surface area is 138 Å². The first-order valence-corrected chi connectivity index (χ1v) is 9.50. The molecule has 0 spiro atoms. The third-order valence-electron chi connectivity index (χ3n) is 4.00. The van der Waals surface area contributed by atoms with E-state index < -0.39 is 0 Å². The minimum absolute atomic E-state index is 0.0905. The summed E-state index contributed by atoms with van der Waals surface area (Å²) in [6.07, 6.45) is 23.3. The summed E-state index contributed by atoms with van der Waals surface area (Å²) < 4.78 is 0. The molecule has 0 rings (SSSR count). The summed E-state index contributed by atoms with van der Waals surface area (Å²) in [6, 6.07) is 0. The van der Waals surface area contributed by atoms with E-state index in [9.17, 15) is 0 Å². The zero-order chi connectivity index (χ0) is 16.3. The highest BCUT2D eigenvalue weighted by Crippen LogP contribution is 2.09. The van der Waals surface area contributed by atoms with Crippen molar-refractivity contribution in [1.82, 2.24) is 5.32 Å². The molecule has 0 aromatic rings. The van der Waals surface area contributed by atoms with Crippen molar-refractivity contribution in [3.8, 4) is 0 Å². The molecule has 0 amide bonds. The van der Waals surface area contributed by atoms with Crippen molar-refractivity contribution in [2.45, 2.75) is 96.8 Å². The van der Waals surface area contributed by atoms with Crippen LogP contribution in [0.5, 0.6) is 0 Å². The Kier molecular flexibility index (Phi) is 17.2. The summed E-state index contributed by atoms with van der Waals surface area (Å²) >= 11 is 0. The fraction of sp³-hybridized carbons (Fsp3) is 0.842. The molecule has 4 N–H and O–H groups in total. The molecular formula is C19H39N3. The first kappa shape index (κ1) is 21.0. The highest BCUT2D eigenvalue weighted by Gasteiger charge is 1.92. The molecule has 0 heterocycles. The smallest absolute Gasteiger partial charge is 0.185 e. The zero-order valence-electron chi connectivity index (χ0n) is 14.8. The van der Waals surface area contributed by atoms with Gasteiger partial charge in [-0.1, -0.05) is 76.9 Å². The normalized spacial score (nSPS) is 11.1. The summed E-state index contributed by atoms with van der Waals surface area (Å²) in [5.74, 6) is 0.0905. The topological polar surface area (TPSA) is 61.9 Å². The third-order valence-corrected chi connectivity index (χ3v) is 4.00. The molecule has 0 aromatic heterocycles. The Morgan fingerprint density at radius 1 is 0.773 bits per heavy atom. The molecule has 0 aliphatic rings. The second-order valence-corrected chi connectivity index (χ2v) is 6.28. The van der Waals surface area contributed by atoms with Crippen molar-refractivity contribution in [3.63, 3.8) is 0 Å². The average molecular weight is 310 g/mol. The second kappa shape index (κ2) is 18.1. The SMILES string of the molecule is CCCCCCCCC=CCCCCCCCCNC(=N)N. The predicted molar refractivity (Wildman–Crippen MR) is 99.4 cm³/mol. The van der Waals surface area contributed by atoms with Gasteiger partial charge in [0.15, 0.2) is 5.96 Å². The standard InChI is InChI=1S/C19H39N3/c1-2-3-4-5-6-7-8-9-10-11-12-13-14-15-16-17-18-22-19(20)21/h9-10H,2-8,11-18H2,1H3,(H4,20,21,22). The van der Waals surface area contributed by atoms with Crippen LogP contribution in [0.3, 0.4) is 0 Å². The van der Waals surface area contributed by atoms with E-state index in [0.29, 0.717) is 0 Å². The molecule has 0 fully saturated rings. The fourth-order valence-electron chi connectivity index (χ4n) is 2.60. The molecule has 0 bridgehead atoms. The van der Waals surface area contributed by atoms with Gasteiger partial charge in [-0.05, 0) is 32.1 Å². The second-order valence-electron chi connectivity index (χ2n) is 6.28. The maximum Gasteiger partial charge on any atom is 0.185 e. The molecule has 22 heavy (non-hydrogen) atoms. The van der Waals surface area contributed by atoms with E-state index in [0.717, 1.165) is 13.0 Å². The first-order valence-electron chi connectivity index (χ1n) is 9.50. The quantitative estimate of drug-likeness (QED) is 0.152. The van der Waals surface area contributed by atoms with E-state index >= 15 is 0 Å². The van der Waals surface area contributed by atoms with Crippen LogP contribution in [0.4, 0.5) is 0 Å². The van der Waals surface area contributed by atoms with Crippen LogP contribution in [-0.4, -0.2) is 12.5 Å². The molecule has 0 radical (unpaired) electrons. The first-order chi connectivity index (χ1) is 10.8. The number of nitrogens with one attached hydrogen (secondary N) is 2. The van der Waals surface area contributed by atoms with Crippen LogP contribution in [0.1, 0.15) is 96.8 Å². The maximum atomic E-state index is 7.05. The van der Waals surface area contributed by atoms with Crippen LogP contribution >= 0.6 is 0 Å². The lowest BCUT2D eigenvalue weighted by Crippen LogP contribution is -2.30. The number of hydrogen-bond acceptors (Lipinski definition) is 1. The highest BCUT2D eigenvalue weighted by atomic mass is 15.0. The van der Waals surface area contributed by atoms with Gasteiger partial charge >= 0.3 is 0 Å². The van der Waals surface area contributed by atoms with Gasteiger partial charge in [0.2, 0.25) is 0 Å². The number of allylic oxidation sites excluding steroid dienone is 2. The van der Waals surface area contributed by atoms with Gasteiger partial charge in [-0.25, -0.2) is 0 Å². The number of hydrogen-bond donors (Lipinski definition) is 3. The average Bonchev–Trinajstić information content (AvgIpc) is 2.50. The van der Waals surface area contributed by atoms with Crippen molar-refractivity contribution < 1.29 is 0 Å². The van der Waals surface area contributed by atoms with Crippen molar-refractivity contribution in [2.24, 2.45) is 5.73 Å². The predicted octanol–water partition coefficient (Wildman–Crippen LogP) is 5.51.